The molecule has 0 saturated heterocycles. The first-order valence-electron chi connectivity index (χ1n) is 4.46. The second-order valence-electron chi connectivity index (χ2n) is 3.14. The van der Waals surface area contributed by atoms with Gasteiger partial charge in [-0.1, -0.05) is 0 Å². The normalized spacial score (nSPS) is 11.6. The minimum Gasteiger partial charge on any atom is -0.306 e. The lowest BCUT2D eigenvalue weighted by Gasteiger charge is -2.22. The van der Waals surface area contributed by atoms with Crippen molar-refractivity contribution in [1.82, 2.24) is 4.90 Å². The van der Waals surface area contributed by atoms with Crippen molar-refractivity contribution in [1.29, 1.82) is 0 Å². The van der Waals surface area contributed by atoms with E-state index in [1.54, 1.807) is 0 Å². The van der Waals surface area contributed by atoms with Crippen LogP contribution in [0.3, 0.4) is 0 Å². The summed E-state index contributed by atoms with van der Waals surface area (Å²) in [4.78, 5) is 28.7. The van der Waals surface area contributed by atoms with Crippen molar-refractivity contribution < 1.29 is 9.59 Å². The second-order valence-corrected chi connectivity index (χ2v) is 3.14. The maximum atomic E-state index is 9.84. The van der Waals surface area contributed by atoms with Gasteiger partial charge >= 0.3 is 0 Å². The summed E-state index contributed by atoms with van der Waals surface area (Å²) in [6.45, 7) is 0.939. The number of hydrogen-bond acceptors (Lipinski definition) is 5. The first-order valence-corrected chi connectivity index (χ1v) is 4.46. The molecular formula is C9H15N3O2. The van der Waals surface area contributed by atoms with Crippen LogP contribution in [0.4, 0.5) is 0 Å². The number of nitrogens with zero attached hydrogens (tertiary/aromatic N) is 3. The van der Waals surface area contributed by atoms with Gasteiger partial charge in [0.25, 0.3) is 0 Å². The van der Waals surface area contributed by atoms with E-state index in [1.165, 1.54) is 12.2 Å². The van der Waals surface area contributed by atoms with Crippen molar-refractivity contribution in [2.45, 2.75) is 18.9 Å². The van der Waals surface area contributed by atoms with Crippen LogP contribution in [0.1, 0.15) is 12.8 Å². The molecule has 0 aliphatic carbocycles. The maximum Gasteiger partial charge on any atom is 0.234 e. The van der Waals surface area contributed by atoms with Crippen LogP contribution in [0.25, 0.3) is 0 Å². The fourth-order valence-electron chi connectivity index (χ4n) is 1.18. The lowest BCUT2D eigenvalue weighted by atomic mass is 10.1. The van der Waals surface area contributed by atoms with Gasteiger partial charge in [0.1, 0.15) is 0 Å². The van der Waals surface area contributed by atoms with E-state index in [-0.39, 0.29) is 6.04 Å². The molecule has 0 aromatic carbocycles. The highest BCUT2D eigenvalue weighted by molar-refractivity contribution is 5.33. The molecule has 0 aliphatic heterocycles. The molecule has 0 rings (SSSR count). The van der Waals surface area contributed by atoms with Crippen LogP contribution in [-0.4, -0.2) is 50.3 Å². The zero-order chi connectivity index (χ0) is 10.8. The molecule has 0 heterocycles. The van der Waals surface area contributed by atoms with Crippen LogP contribution in [0.15, 0.2) is 9.98 Å². The summed E-state index contributed by atoms with van der Waals surface area (Å²) >= 11 is 0. The smallest absolute Gasteiger partial charge is 0.234 e. The fraction of sp³-hybridized carbons (Fsp3) is 0.778. The van der Waals surface area contributed by atoms with Crippen LogP contribution >= 0.6 is 0 Å². The van der Waals surface area contributed by atoms with Gasteiger partial charge in [-0.25, -0.2) is 19.6 Å². The van der Waals surface area contributed by atoms with E-state index in [0.717, 1.165) is 12.8 Å². The Morgan fingerprint density at radius 1 is 1.07 bits per heavy atom. The molecule has 0 spiro atoms. The third-order valence-corrected chi connectivity index (χ3v) is 2.01. The molecule has 78 valence electrons. The highest BCUT2D eigenvalue weighted by Crippen LogP contribution is 2.05. The molecule has 14 heavy (non-hydrogen) atoms. The fourth-order valence-corrected chi connectivity index (χ4v) is 1.18. The van der Waals surface area contributed by atoms with Crippen LogP contribution in [0, 0.1) is 0 Å². The Bertz CT molecular complexity index is 218. The Labute approximate surface area is 83.5 Å². The molecule has 0 atom stereocenters. The lowest BCUT2D eigenvalue weighted by molar-refractivity contribution is 0.270. The summed E-state index contributed by atoms with van der Waals surface area (Å²) in [5.41, 5.74) is 0. The molecule has 0 aromatic heterocycles. The Hall–Kier alpha value is -1.28. The predicted octanol–water partition coefficient (Wildman–Crippen LogP) is 0.368. The Morgan fingerprint density at radius 2 is 1.50 bits per heavy atom. The van der Waals surface area contributed by atoms with Crippen molar-refractivity contribution in [3.05, 3.63) is 0 Å². The van der Waals surface area contributed by atoms with Crippen molar-refractivity contribution in [2.75, 3.05) is 27.2 Å². The van der Waals surface area contributed by atoms with Crippen LogP contribution in [0.5, 0.6) is 0 Å². The van der Waals surface area contributed by atoms with E-state index in [2.05, 4.69) is 9.98 Å². The standard InChI is InChI=1S/C9H15N3O2/c1-12(2)9(3-5-10-7-13)4-6-11-8-14/h9H,3-6H2,1-2H3. The second kappa shape index (κ2) is 8.32. The molecule has 0 N–H and O–H groups in total. The third-order valence-electron chi connectivity index (χ3n) is 2.01. The molecule has 0 radical (unpaired) electrons. The molecule has 0 amide bonds. The largest absolute Gasteiger partial charge is 0.306 e. The zero-order valence-electron chi connectivity index (χ0n) is 8.56. The number of rotatable bonds is 7. The summed E-state index contributed by atoms with van der Waals surface area (Å²) < 4.78 is 0. The van der Waals surface area contributed by atoms with Gasteiger partial charge in [-0.3, -0.25) is 0 Å². The van der Waals surface area contributed by atoms with Crippen LogP contribution < -0.4 is 0 Å². The van der Waals surface area contributed by atoms with Gasteiger partial charge in [-0.05, 0) is 26.9 Å². The molecule has 5 heteroatoms. The number of carbonyl (C=O) groups excluding carboxylic acids is 2. The van der Waals surface area contributed by atoms with Gasteiger partial charge in [0.2, 0.25) is 12.2 Å². The Morgan fingerprint density at radius 3 is 1.79 bits per heavy atom. The average molecular weight is 197 g/mol. The quantitative estimate of drug-likeness (QED) is 0.437. The van der Waals surface area contributed by atoms with Crippen LogP contribution in [-0.2, 0) is 9.59 Å². The van der Waals surface area contributed by atoms with E-state index in [0.29, 0.717) is 13.1 Å². The van der Waals surface area contributed by atoms with Gasteiger partial charge in [-0.15, -0.1) is 0 Å². The molecule has 5 nitrogen and oxygen atoms in total. The van der Waals surface area contributed by atoms with Crippen molar-refractivity contribution >= 4 is 12.2 Å². The molecule has 0 aromatic rings. The first-order chi connectivity index (χ1) is 6.72. The average Bonchev–Trinajstić information content (AvgIpc) is 2.15. The van der Waals surface area contributed by atoms with Gasteiger partial charge in [-0.2, -0.15) is 0 Å². The van der Waals surface area contributed by atoms with Gasteiger partial charge in [0.05, 0.1) is 13.1 Å². The minimum atomic E-state index is 0.282. The summed E-state index contributed by atoms with van der Waals surface area (Å²) in [6.07, 6.45) is 4.55. The molecule has 0 saturated carbocycles. The highest BCUT2D eigenvalue weighted by Gasteiger charge is 2.09. The van der Waals surface area contributed by atoms with E-state index >= 15 is 0 Å². The van der Waals surface area contributed by atoms with Crippen molar-refractivity contribution in [2.24, 2.45) is 9.98 Å². The summed E-state index contributed by atoms with van der Waals surface area (Å²) in [5, 5.41) is 0. The molecule has 0 aliphatic rings. The monoisotopic (exact) mass is 197 g/mol. The SMILES string of the molecule is CN(C)C(CCN=C=O)CCN=C=O. The predicted molar refractivity (Wildman–Crippen MR) is 52.7 cm³/mol. The van der Waals surface area contributed by atoms with Crippen molar-refractivity contribution in [3.8, 4) is 0 Å². The van der Waals surface area contributed by atoms with E-state index in [4.69, 9.17) is 0 Å². The van der Waals surface area contributed by atoms with Gasteiger partial charge in [0.15, 0.2) is 0 Å². The van der Waals surface area contributed by atoms with E-state index < -0.39 is 0 Å². The Kier molecular flexibility index (Phi) is 7.56. The van der Waals surface area contributed by atoms with Crippen molar-refractivity contribution in [3.63, 3.8) is 0 Å². The third kappa shape index (κ3) is 6.26. The Balaban J connectivity index is 3.88. The minimum absolute atomic E-state index is 0.282. The molecule has 0 unspecified atom stereocenters. The van der Waals surface area contributed by atoms with E-state index in [9.17, 15) is 9.59 Å². The number of hydrogen-bond donors (Lipinski definition) is 0. The molecular weight excluding hydrogens is 182 g/mol. The van der Waals surface area contributed by atoms with Gasteiger partial charge < -0.3 is 4.90 Å². The van der Waals surface area contributed by atoms with E-state index in [1.807, 2.05) is 19.0 Å². The topological polar surface area (TPSA) is 62.1 Å². The molecule has 0 fully saturated rings. The molecule has 0 bridgehead atoms. The number of aliphatic imine (C=N–C) groups is 2. The summed E-state index contributed by atoms with van der Waals surface area (Å²) in [7, 11) is 3.89. The first kappa shape index (κ1) is 12.7. The van der Waals surface area contributed by atoms with Crippen LogP contribution in [0.2, 0.25) is 0 Å². The summed E-state index contributed by atoms with van der Waals surface area (Å²) in [5.74, 6) is 0. The lowest BCUT2D eigenvalue weighted by Crippen LogP contribution is -2.29. The highest BCUT2D eigenvalue weighted by atomic mass is 16.1. The maximum absolute atomic E-state index is 9.84. The summed E-state index contributed by atoms with van der Waals surface area (Å²) in [6, 6.07) is 0.282. The number of isocyanates is 2. The zero-order valence-corrected chi connectivity index (χ0v) is 8.56. The van der Waals surface area contributed by atoms with Gasteiger partial charge in [0, 0.05) is 6.04 Å².